The summed E-state index contributed by atoms with van der Waals surface area (Å²) in [6.45, 7) is 5.63. The quantitative estimate of drug-likeness (QED) is 0.646. The third-order valence-electron chi connectivity index (χ3n) is 4.24. The van der Waals surface area contributed by atoms with Gasteiger partial charge in [0.1, 0.15) is 0 Å². The predicted octanol–water partition coefficient (Wildman–Crippen LogP) is 1.05. The smallest absolute Gasteiger partial charge is 0.0708 e. The van der Waals surface area contributed by atoms with Gasteiger partial charge in [-0.1, -0.05) is 0 Å². The first-order valence-corrected chi connectivity index (χ1v) is 6.02. The molecule has 0 radical (unpaired) electrons. The van der Waals surface area contributed by atoms with Gasteiger partial charge >= 0.3 is 0 Å². The van der Waals surface area contributed by atoms with Crippen LogP contribution >= 0.6 is 0 Å². The number of piperidine rings is 1. The zero-order valence-corrected chi connectivity index (χ0v) is 10.5. The monoisotopic (exact) mass is 212 g/mol. The van der Waals surface area contributed by atoms with Crippen LogP contribution in [-0.2, 0) is 4.74 Å². The van der Waals surface area contributed by atoms with Crippen molar-refractivity contribution in [1.82, 2.24) is 9.80 Å². The van der Waals surface area contributed by atoms with Crippen LogP contribution in [0.25, 0.3) is 0 Å². The number of nitrogens with zero attached hydrogens (tertiary/aromatic N) is 2. The lowest BCUT2D eigenvalue weighted by Gasteiger charge is -2.43. The second-order valence-electron chi connectivity index (χ2n) is 5.59. The molecule has 3 heteroatoms. The van der Waals surface area contributed by atoms with Gasteiger partial charge in [-0.05, 0) is 54.0 Å². The van der Waals surface area contributed by atoms with E-state index in [4.69, 9.17) is 4.74 Å². The van der Waals surface area contributed by atoms with Crippen molar-refractivity contribution in [2.24, 2.45) is 5.41 Å². The van der Waals surface area contributed by atoms with Crippen LogP contribution in [0.2, 0.25) is 0 Å². The largest absolute Gasteiger partial charge is 0.376 e. The molecule has 0 aromatic heterocycles. The molecule has 2 atom stereocenters. The van der Waals surface area contributed by atoms with Gasteiger partial charge in [0.2, 0.25) is 0 Å². The maximum atomic E-state index is 5.90. The number of hydrogen-bond acceptors (Lipinski definition) is 3. The molecule has 2 fully saturated rings. The summed E-state index contributed by atoms with van der Waals surface area (Å²) in [5.74, 6) is 0. The molecule has 3 nitrogen and oxygen atoms in total. The third kappa shape index (κ3) is 1.93. The Morgan fingerprint density at radius 2 is 1.87 bits per heavy atom. The fraction of sp³-hybridized carbons (Fsp3) is 1.00. The molecule has 2 rings (SSSR count). The Bertz CT molecular complexity index is 222. The lowest BCUT2D eigenvalue weighted by atomic mass is 9.72. The van der Waals surface area contributed by atoms with Crippen LogP contribution in [0.1, 0.15) is 19.8 Å². The van der Waals surface area contributed by atoms with E-state index < -0.39 is 0 Å². The summed E-state index contributed by atoms with van der Waals surface area (Å²) in [5.41, 5.74) is 0.426. The van der Waals surface area contributed by atoms with Crippen molar-refractivity contribution < 1.29 is 4.74 Å². The molecule has 0 saturated carbocycles. The molecule has 0 bridgehead atoms. The normalized spacial score (nSPS) is 36.6. The van der Waals surface area contributed by atoms with Crippen LogP contribution in [0.15, 0.2) is 0 Å². The standard InChI is InChI=1S/C12H24N2O/c1-10-11(13(2)3)12(9-15-10)5-7-14(4)8-6-12/h10-11H,5-9H2,1-4H3/t10-,11+/m0/s1. The Labute approximate surface area is 93.4 Å². The SMILES string of the molecule is C[C@@H]1OCC2(CCN(C)CC2)[C@@H]1N(C)C. The molecule has 0 N–H and O–H groups in total. The van der Waals surface area contributed by atoms with E-state index in [1.807, 2.05) is 0 Å². The second-order valence-corrected chi connectivity index (χ2v) is 5.59. The maximum Gasteiger partial charge on any atom is 0.0708 e. The lowest BCUT2D eigenvalue weighted by Crippen LogP contribution is -2.51. The Balaban J connectivity index is 2.13. The molecule has 88 valence electrons. The Hall–Kier alpha value is -0.120. The van der Waals surface area contributed by atoms with Crippen molar-refractivity contribution in [2.45, 2.75) is 31.9 Å². The summed E-state index contributed by atoms with van der Waals surface area (Å²) in [6, 6.07) is 0.603. The van der Waals surface area contributed by atoms with E-state index in [1.54, 1.807) is 0 Å². The Morgan fingerprint density at radius 1 is 1.27 bits per heavy atom. The highest BCUT2D eigenvalue weighted by atomic mass is 16.5. The van der Waals surface area contributed by atoms with E-state index in [-0.39, 0.29) is 0 Å². The minimum Gasteiger partial charge on any atom is -0.376 e. The van der Waals surface area contributed by atoms with Crippen molar-refractivity contribution in [2.75, 3.05) is 40.8 Å². The van der Waals surface area contributed by atoms with Gasteiger partial charge in [0.05, 0.1) is 12.7 Å². The fourth-order valence-electron chi connectivity index (χ4n) is 3.44. The van der Waals surface area contributed by atoms with Gasteiger partial charge in [-0.3, -0.25) is 0 Å². The summed E-state index contributed by atoms with van der Waals surface area (Å²) in [6.07, 6.45) is 2.97. The maximum absolute atomic E-state index is 5.90. The molecule has 15 heavy (non-hydrogen) atoms. The summed E-state index contributed by atoms with van der Waals surface area (Å²) in [7, 11) is 6.60. The molecular formula is C12H24N2O. The van der Waals surface area contributed by atoms with Crippen LogP contribution in [0.5, 0.6) is 0 Å². The van der Waals surface area contributed by atoms with Crippen molar-refractivity contribution in [1.29, 1.82) is 0 Å². The number of likely N-dealkylation sites (tertiary alicyclic amines) is 1. The molecule has 0 aromatic rings. The van der Waals surface area contributed by atoms with Crippen LogP contribution < -0.4 is 0 Å². The zero-order chi connectivity index (χ0) is 11.1. The van der Waals surface area contributed by atoms with E-state index in [0.717, 1.165) is 6.61 Å². The molecular weight excluding hydrogens is 188 g/mol. The minimum absolute atomic E-state index is 0.392. The molecule has 0 aliphatic carbocycles. The highest BCUT2D eigenvalue weighted by Crippen LogP contribution is 2.43. The van der Waals surface area contributed by atoms with Crippen molar-refractivity contribution in [3.63, 3.8) is 0 Å². The van der Waals surface area contributed by atoms with Gasteiger partial charge in [0, 0.05) is 11.5 Å². The van der Waals surface area contributed by atoms with E-state index in [0.29, 0.717) is 17.6 Å². The zero-order valence-electron chi connectivity index (χ0n) is 10.5. The highest BCUT2D eigenvalue weighted by molar-refractivity contribution is 5.01. The summed E-state index contributed by atoms with van der Waals surface area (Å²) in [5, 5.41) is 0. The van der Waals surface area contributed by atoms with Crippen LogP contribution in [0.4, 0.5) is 0 Å². The van der Waals surface area contributed by atoms with Gasteiger partial charge in [-0.25, -0.2) is 0 Å². The van der Waals surface area contributed by atoms with E-state index >= 15 is 0 Å². The van der Waals surface area contributed by atoms with Crippen LogP contribution in [-0.4, -0.2) is 62.8 Å². The van der Waals surface area contributed by atoms with E-state index in [9.17, 15) is 0 Å². The topological polar surface area (TPSA) is 15.7 Å². The minimum atomic E-state index is 0.392. The summed E-state index contributed by atoms with van der Waals surface area (Å²) >= 11 is 0. The number of hydrogen-bond donors (Lipinski definition) is 0. The van der Waals surface area contributed by atoms with Gasteiger partial charge < -0.3 is 14.5 Å². The third-order valence-corrected chi connectivity index (χ3v) is 4.24. The highest BCUT2D eigenvalue weighted by Gasteiger charge is 2.49. The molecule has 0 unspecified atom stereocenters. The first-order chi connectivity index (χ1) is 7.05. The molecule has 0 aromatic carbocycles. The molecule has 2 aliphatic rings. The Morgan fingerprint density at radius 3 is 2.40 bits per heavy atom. The average Bonchev–Trinajstić information content (AvgIpc) is 2.49. The summed E-state index contributed by atoms with van der Waals surface area (Å²) < 4.78 is 5.90. The van der Waals surface area contributed by atoms with Crippen molar-refractivity contribution in [3.8, 4) is 0 Å². The van der Waals surface area contributed by atoms with Crippen molar-refractivity contribution in [3.05, 3.63) is 0 Å². The Kier molecular flexibility index (Phi) is 3.06. The van der Waals surface area contributed by atoms with Crippen molar-refractivity contribution >= 4 is 0 Å². The molecule has 1 spiro atoms. The number of likely N-dealkylation sites (N-methyl/N-ethyl adjacent to an activating group) is 1. The lowest BCUT2D eigenvalue weighted by molar-refractivity contribution is 0.0602. The second kappa shape index (κ2) is 4.04. The van der Waals surface area contributed by atoms with Crippen LogP contribution in [0, 0.1) is 5.41 Å². The van der Waals surface area contributed by atoms with Crippen LogP contribution in [0.3, 0.4) is 0 Å². The average molecular weight is 212 g/mol. The number of ether oxygens (including phenoxy) is 1. The molecule has 0 amide bonds. The molecule has 2 saturated heterocycles. The van der Waals surface area contributed by atoms with Gasteiger partial charge in [-0.2, -0.15) is 0 Å². The van der Waals surface area contributed by atoms with E-state index in [2.05, 4.69) is 37.9 Å². The molecule has 2 aliphatic heterocycles. The first-order valence-electron chi connectivity index (χ1n) is 6.02. The van der Waals surface area contributed by atoms with Gasteiger partial charge in [-0.15, -0.1) is 0 Å². The van der Waals surface area contributed by atoms with Gasteiger partial charge in [0.15, 0.2) is 0 Å². The van der Waals surface area contributed by atoms with E-state index in [1.165, 1.54) is 25.9 Å². The fourth-order valence-corrected chi connectivity index (χ4v) is 3.44. The molecule has 2 heterocycles. The predicted molar refractivity (Wildman–Crippen MR) is 62.1 cm³/mol. The first kappa shape index (κ1) is 11.4. The number of rotatable bonds is 1. The van der Waals surface area contributed by atoms with Gasteiger partial charge in [0.25, 0.3) is 0 Å². The summed E-state index contributed by atoms with van der Waals surface area (Å²) in [4.78, 5) is 4.80.